The van der Waals surface area contributed by atoms with Gasteiger partial charge in [0.05, 0.1) is 30.1 Å². The number of benzene rings is 3. The molecular weight excluding hydrogens is 587 g/mol. The van der Waals surface area contributed by atoms with E-state index in [0.29, 0.717) is 27.9 Å². The van der Waals surface area contributed by atoms with Crippen LogP contribution in [-0.4, -0.2) is 57.6 Å². The maximum Gasteiger partial charge on any atom is 0.263 e. The molecule has 0 aliphatic carbocycles. The number of hydrogen-bond donors (Lipinski definition) is 3. The maximum atomic E-state index is 14.6. The zero-order chi connectivity index (χ0) is 29.4. The molecule has 2 atom stereocenters. The Balaban J connectivity index is 1.74. The molecular formula is C29H30Cl2N4O5S. The fourth-order valence-electron chi connectivity index (χ4n) is 5.32. The van der Waals surface area contributed by atoms with Gasteiger partial charge in [0.25, 0.3) is 5.91 Å². The molecule has 216 valence electrons. The SMILES string of the molecule is CCOc1ccc(S(C)(=O)=O)cc1C1(C(=O)N2CCNC(=O)C2)NC(c2ccc(Cl)cc2)C(c2ccc(Cl)cc2)N1. The van der Waals surface area contributed by atoms with Gasteiger partial charge in [-0.3, -0.25) is 20.2 Å². The van der Waals surface area contributed by atoms with Crippen molar-refractivity contribution in [1.29, 1.82) is 0 Å². The Morgan fingerprint density at radius 1 is 0.976 bits per heavy atom. The van der Waals surface area contributed by atoms with Gasteiger partial charge in [-0.25, -0.2) is 8.42 Å². The van der Waals surface area contributed by atoms with E-state index in [-0.39, 0.29) is 30.5 Å². The second kappa shape index (κ2) is 11.6. The lowest BCUT2D eigenvalue weighted by molar-refractivity contribution is -0.144. The van der Waals surface area contributed by atoms with E-state index < -0.39 is 33.5 Å². The number of halogens is 2. The van der Waals surface area contributed by atoms with E-state index >= 15 is 0 Å². The van der Waals surface area contributed by atoms with E-state index in [0.717, 1.165) is 17.4 Å². The molecule has 0 bridgehead atoms. The number of sulfone groups is 1. The first-order chi connectivity index (χ1) is 19.5. The van der Waals surface area contributed by atoms with E-state index in [1.807, 2.05) is 24.3 Å². The first kappa shape index (κ1) is 29.3. The Kier molecular flexibility index (Phi) is 8.31. The lowest BCUT2D eigenvalue weighted by Crippen LogP contribution is -2.62. The van der Waals surface area contributed by atoms with Crippen LogP contribution in [0.3, 0.4) is 0 Å². The number of carbonyl (C=O) groups excluding carboxylic acids is 2. The van der Waals surface area contributed by atoms with Crippen LogP contribution >= 0.6 is 23.2 Å². The summed E-state index contributed by atoms with van der Waals surface area (Å²) in [7, 11) is -3.64. The first-order valence-corrected chi connectivity index (χ1v) is 15.8. The van der Waals surface area contributed by atoms with Crippen molar-refractivity contribution in [2.45, 2.75) is 29.6 Å². The summed E-state index contributed by atoms with van der Waals surface area (Å²) in [6, 6.07) is 18.1. The number of hydrogen-bond acceptors (Lipinski definition) is 7. The quantitative estimate of drug-likeness (QED) is 0.371. The fraction of sp³-hybridized carbons (Fsp3) is 0.310. The minimum atomic E-state index is -3.64. The highest BCUT2D eigenvalue weighted by Gasteiger charge is 2.55. The molecule has 12 heteroatoms. The summed E-state index contributed by atoms with van der Waals surface area (Å²) in [5.74, 6) is -0.383. The zero-order valence-electron chi connectivity index (χ0n) is 22.5. The predicted octanol–water partition coefficient (Wildman–Crippen LogP) is 3.58. The van der Waals surface area contributed by atoms with Crippen LogP contribution in [0.25, 0.3) is 0 Å². The van der Waals surface area contributed by atoms with Crippen molar-refractivity contribution in [3.8, 4) is 5.75 Å². The Bertz CT molecular complexity index is 1510. The molecule has 0 saturated carbocycles. The summed E-state index contributed by atoms with van der Waals surface area (Å²) in [5.41, 5.74) is 0.307. The van der Waals surface area contributed by atoms with Crippen LogP contribution in [-0.2, 0) is 25.1 Å². The largest absolute Gasteiger partial charge is 0.493 e. The van der Waals surface area contributed by atoms with Gasteiger partial charge in [0.15, 0.2) is 15.5 Å². The van der Waals surface area contributed by atoms with Crippen LogP contribution in [0.5, 0.6) is 5.75 Å². The van der Waals surface area contributed by atoms with E-state index in [9.17, 15) is 18.0 Å². The molecule has 0 spiro atoms. The van der Waals surface area contributed by atoms with Gasteiger partial charge in [-0.2, -0.15) is 0 Å². The van der Waals surface area contributed by atoms with Crippen molar-refractivity contribution >= 4 is 44.9 Å². The van der Waals surface area contributed by atoms with E-state index in [2.05, 4.69) is 16.0 Å². The molecule has 2 aliphatic rings. The molecule has 3 N–H and O–H groups in total. The lowest BCUT2D eigenvalue weighted by Gasteiger charge is -2.38. The summed E-state index contributed by atoms with van der Waals surface area (Å²) in [5, 5.41) is 10.9. The standard InChI is InChI=1S/C29H30Cl2N4O5S/c1-3-40-24-13-12-22(41(2,38)39)16-23(24)29(28(37)35-15-14-32-25(36)17-35)33-26(18-4-8-20(30)9-5-18)27(34-29)19-6-10-21(31)11-7-19/h4-13,16,26-27,33-34H,3,14-15,17H2,1-2H3,(H,32,36). The van der Waals surface area contributed by atoms with Crippen LogP contribution in [0.1, 0.15) is 35.7 Å². The molecule has 3 aromatic rings. The predicted molar refractivity (Wildman–Crippen MR) is 157 cm³/mol. The van der Waals surface area contributed by atoms with Gasteiger partial charge in [-0.15, -0.1) is 0 Å². The summed E-state index contributed by atoms with van der Waals surface area (Å²) < 4.78 is 31.3. The third-order valence-corrected chi connectivity index (χ3v) is 8.88. The molecule has 2 saturated heterocycles. The smallest absolute Gasteiger partial charge is 0.263 e. The lowest BCUT2D eigenvalue weighted by atomic mass is 9.95. The highest BCUT2D eigenvalue weighted by Crippen LogP contribution is 2.45. The monoisotopic (exact) mass is 616 g/mol. The van der Waals surface area contributed by atoms with Gasteiger partial charge in [0.1, 0.15) is 5.75 Å². The van der Waals surface area contributed by atoms with Crippen LogP contribution in [0, 0.1) is 0 Å². The van der Waals surface area contributed by atoms with Crippen molar-refractivity contribution in [2.24, 2.45) is 0 Å². The Morgan fingerprint density at radius 2 is 1.54 bits per heavy atom. The van der Waals surface area contributed by atoms with Gasteiger partial charge < -0.3 is 15.0 Å². The summed E-state index contributed by atoms with van der Waals surface area (Å²) in [4.78, 5) is 28.5. The van der Waals surface area contributed by atoms with E-state index in [1.165, 1.54) is 17.0 Å². The van der Waals surface area contributed by atoms with Crippen LogP contribution in [0.4, 0.5) is 0 Å². The number of carbonyl (C=O) groups is 2. The zero-order valence-corrected chi connectivity index (χ0v) is 24.8. The third kappa shape index (κ3) is 5.93. The molecule has 3 aromatic carbocycles. The summed E-state index contributed by atoms with van der Waals surface area (Å²) in [6.07, 6.45) is 1.11. The normalized spacial score (nSPS) is 22.8. The molecule has 41 heavy (non-hydrogen) atoms. The van der Waals surface area contributed by atoms with Crippen molar-refractivity contribution in [3.05, 3.63) is 93.5 Å². The highest BCUT2D eigenvalue weighted by atomic mass is 35.5. The van der Waals surface area contributed by atoms with Gasteiger partial charge in [-0.05, 0) is 60.5 Å². The molecule has 5 rings (SSSR count). The van der Waals surface area contributed by atoms with Gasteiger partial charge in [0, 0.05) is 35.0 Å². The number of nitrogens with zero attached hydrogens (tertiary/aromatic N) is 1. The third-order valence-electron chi connectivity index (χ3n) is 7.26. The number of rotatable bonds is 7. The summed E-state index contributed by atoms with van der Waals surface area (Å²) in [6.45, 7) is 2.52. The van der Waals surface area contributed by atoms with Crippen molar-refractivity contribution in [1.82, 2.24) is 20.9 Å². The Labute approximate surface area is 249 Å². The van der Waals surface area contributed by atoms with Crippen molar-refractivity contribution in [2.75, 3.05) is 32.5 Å². The van der Waals surface area contributed by atoms with Gasteiger partial charge >= 0.3 is 0 Å². The number of ether oxygens (including phenoxy) is 1. The van der Waals surface area contributed by atoms with Gasteiger partial charge in [0.2, 0.25) is 5.91 Å². The maximum absolute atomic E-state index is 14.6. The molecule has 2 fully saturated rings. The minimum Gasteiger partial charge on any atom is -0.493 e. The number of piperazine rings is 1. The highest BCUT2D eigenvalue weighted by molar-refractivity contribution is 7.90. The fourth-order valence-corrected chi connectivity index (χ4v) is 6.22. The molecule has 9 nitrogen and oxygen atoms in total. The minimum absolute atomic E-state index is 0.0288. The second-order valence-corrected chi connectivity index (χ2v) is 12.9. The van der Waals surface area contributed by atoms with Crippen molar-refractivity contribution < 1.29 is 22.7 Å². The van der Waals surface area contributed by atoms with Gasteiger partial charge in [-0.1, -0.05) is 47.5 Å². The molecule has 2 heterocycles. The van der Waals surface area contributed by atoms with Crippen LogP contribution in [0.15, 0.2) is 71.6 Å². The summed E-state index contributed by atoms with van der Waals surface area (Å²) >= 11 is 12.4. The van der Waals surface area contributed by atoms with E-state index in [1.54, 1.807) is 37.3 Å². The number of amides is 2. The Hall–Kier alpha value is -3.15. The van der Waals surface area contributed by atoms with Crippen LogP contribution in [0.2, 0.25) is 10.0 Å². The average Bonchev–Trinajstić information content (AvgIpc) is 3.35. The molecule has 0 aromatic heterocycles. The number of nitrogens with one attached hydrogen (secondary N) is 3. The second-order valence-electron chi connectivity index (χ2n) is 10.0. The molecule has 2 aliphatic heterocycles. The van der Waals surface area contributed by atoms with E-state index in [4.69, 9.17) is 27.9 Å². The molecule has 2 unspecified atom stereocenters. The topological polar surface area (TPSA) is 117 Å². The molecule has 0 radical (unpaired) electrons. The molecule has 2 amide bonds. The first-order valence-electron chi connectivity index (χ1n) is 13.1. The average molecular weight is 618 g/mol. The van der Waals surface area contributed by atoms with Crippen molar-refractivity contribution in [3.63, 3.8) is 0 Å². The van der Waals surface area contributed by atoms with Crippen LogP contribution < -0.4 is 20.7 Å². The Morgan fingerprint density at radius 3 is 2.02 bits per heavy atom.